The van der Waals surface area contributed by atoms with E-state index >= 15 is 0 Å². The number of nitrogens with one attached hydrogen (secondary N) is 2. The lowest BCUT2D eigenvalue weighted by Crippen LogP contribution is -2.53. The number of carbonyl (C=O) groups is 4. The number of ether oxygens (including phenoxy) is 3. The largest absolute Gasteiger partial charge is 0.465 e. The van der Waals surface area contributed by atoms with Gasteiger partial charge in [0.2, 0.25) is 11.8 Å². The molecule has 0 bridgehead atoms. The summed E-state index contributed by atoms with van der Waals surface area (Å²) in [6.45, 7) is 5.32. The second-order valence-electron chi connectivity index (χ2n) is 18.8. The van der Waals surface area contributed by atoms with Crippen molar-refractivity contribution in [1.82, 2.24) is 39.5 Å². The number of H-pyrrole nitrogens is 2. The van der Waals surface area contributed by atoms with Gasteiger partial charge in [0.1, 0.15) is 35.2 Å². The monoisotopic (exact) mass is 914 g/mol. The van der Waals surface area contributed by atoms with Gasteiger partial charge >= 0.3 is 12.2 Å². The maximum atomic E-state index is 14.2. The molecule has 3 aromatic carbocycles. The molecule has 4 amide bonds. The summed E-state index contributed by atoms with van der Waals surface area (Å²) in [5, 5.41) is 22.0. The third-order valence-corrected chi connectivity index (χ3v) is 15.0. The van der Waals surface area contributed by atoms with Crippen molar-refractivity contribution in [3.05, 3.63) is 83.7 Å². The van der Waals surface area contributed by atoms with Crippen LogP contribution in [0.3, 0.4) is 0 Å². The fourth-order valence-corrected chi connectivity index (χ4v) is 11.4. The molecule has 10 rings (SSSR count). The van der Waals surface area contributed by atoms with E-state index < -0.39 is 24.3 Å². The van der Waals surface area contributed by atoms with E-state index in [0.717, 1.165) is 86.5 Å². The summed E-state index contributed by atoms with van der Waals surface area (Å²) >= 11 is 0. The van der Waals surface area contributed by atoms with E-state index in [1.807, 2.05) is 23.2 Å². The molecule has 4 N–H and O–H groups in total. The Hall–Kier alpha value is -6.46. The van der Waals surface area contributed by atoms with Crippen LogP contribution in [-0.4, -0.2) is 139 Å². The highest BCUT2D eigenvalue weighted by Crippen LogP contribution is 2.48. The number of likely N-dealkylation sites (N-methyl/N-ethyl adjacent to an activating group) is 2. The summed E-state index contributed by atoms with van der Waals surface area (Å²) < 4.78 is 17.7. The molecule has 352 valence electrons. The molecular formula is C50H58N8O9. The zero-order valence-corrected chi connectivity index (χ0v) is 38.1. The standard InChI is InChI=1S/C50H58N8O9/c1-28-34-11-8-33(37-27-52-46(54-37)39-7-5-19-58(39)48(60)44(56(3)50(63)64)30-16-22-66-23-17-30)25-41(34)67-40-13-10-31-24-32(9-12-35(31)42(28)40)36-26-51-45(53-36)38-6-4-18-57(38)47(59)43(55(2)49(61)62)29-14-20-65-21-15-29/h8-13,24-30,38-39,43-44H,4-7,14-23H2,1-3H3,(H,51,53)(H,52,54)(H,61,62)(H,63,64)/t28?,38-,39-,43?,44?/m0/s1. The molecule has 0 saturated carbocycles. The number of fused-ring (bicyclic) bond motifs is 4. The molecule has 67 heavy (non-hydrogen) atoms. The smallest absolute Gasteiger partial charge is 0.407 e. The first-order valence-electron chi connectivity index (χ1n) is 23.6. The lowest BCUT2D eigenvalue weighted by molar-refractivity contribution is -0.141. The Morgan fingerprint density at radius 2 is 1.18 bits per heavy atom. The van der Waals surface area contributed by atoms with Gasteiger partial charge in [-0.3, -0.25) is 19.4 Å². The van der Waals surface area contributed by atoms with Crippen LogP contribution < -0.4 is 4.74 Å². The number of aromatic amines is 2. The summed E-state index contributed by atoms with van der Waals surface area (Å²) in [7, 11) is 2.97. The van der Waals surface area contributed by atoms with Crippen molar-refractivity contribution >= 4 is 34.8 Å². The first-order valence-corrected chi connectivity index (χ1v) is 23.6. The second-order valence-corrected chi connectivity index (χ2v) is 18.8. The van der Waals surface area contributed by atoms with Gasteiger partial charge in [-0.05, 0) is 92.2 Å². The van der Waals surface area contributed by atoms with Crippen LogP contribution in [0.25, 0.3) is 33.3 Å². The summed E-state index contributed by atoms with van der Waals surface area (Å²) in [6, 6.07) is 14.5. The molecule has 17 nitrogen and oxygen atoms in total. The van der Waals surface area contributed by atoms with Crippen molar-refractivity contribution < 1.29 is 43.6 Å². The topological polar surface area (TPSA) is 207 Å². The molecular weight excluding hydrogens is 857 g/mol. The van der Waals surface area contributed by atoms with Gasteiger partial charge in [-0.25, -0.2) is 19.6 Å². The van der Waals surface area contributed by atoms with Crippen molar-refractivity contribution in [2.75, 3.05) is 53.6 Å². The minimum atomic E-state index is -1.12. The summed E-state index contributed by atoms with van der Waals surface area (Å²) in [5.74, 6) is 2.36. The third-order valence-electron chi connectivity index (χ3n) is 15.0. The molecule has 17 heteroatoms. The average molecular weight is 915 g/mol. The fourth-order valence-electron chi connectivity index (χ4n) is 11.4. The van der Waals surface area contributed by atoms with E-state index in [-0.39, 0.29) is 41.7 Å². The van der Waals surface area contributed by atoms with E-state index in [1.165, 1.54) is 19.0 Å². The van der Waals surface area contributed by atoms with Crippen LogP contribution >= 0.6 is 0 Å². The van der Waals surface area contributed by atoms with Crippen molar-refractivity contribution in [3.8, 4) is 34.0 Å². The number of hydrogen-bond donors (Lipinski definition) is 4. The number of carbonyl (C=O) groups excluding carboxylic acids is 2. The van der Waals surface area contributed by atoms with Gasteiger partial charge in [0.25, 0.3) is 0 Å². The molecule has 0 aliphatic carbocycles. The quantitative estimate of drug-likeness (QED) is 0.106. The van der Waals surface area contributed by atoms with Crippen LogP contribution in [0.2, 0.25) is 0 Å². The normalized spacial score (nSPS) is 21.9. The maximum absolute atomic E-state index is 14.2. The molecule has 5 aliphatic heterocycles. The van der Waals surface area contributed by atoms with Gasteiger partial charge in [0, 0.05) is 81.8 Å². The van der Waals surface area contributed by atoms with Crippen LogP contribution in [0.5, 0.6) is 11.5 Å². The average Bonchev–Trinajstić information content (AvgIpc) is 4.20. The number of benzene rings is 3. The summed E-state index contributed by atoms with van der Waals surface area (Å²) in [4.78, 5) is 75.1. The summed E-state index contributed by atoms with van der Waals surface area (Å²) in [6.07, 6.45) is 6.96. The first kappa shape index (κ1) is 44.4. The van der Waals surface area contributed by atoms with Crippen LogP contribution in [-0.2, 0) is 19.1 Å². The van der Waals surface area contributed by atoms with Crippen LogP contribution in [0.4, 0.5) is 9.59 Å². The molecule has 4 saturated heterocycles. The number of amides is 4. The Balaban J connectivity index is 0.849. The molecule has 5 aliphatic rings. The Kier molecular flexibility index (Phi) is 12.1. The van der Waals surface area contributed by atoms with E-state index in [0.29, 0.717) is 76.8 Å². The molecule has 5 aromatic rings. The second kappa shape index (κ2) is 18.3. The van der Waals surface area contributed by atoms with E-state index in [2.05, 4.69) is 53.3 Å². The van der Waals surface area contributed by atoms with Gasteiger partial charge < -0.3 is 44.2 Å². The lowest BCUT2D eigenvalue weighted by Gasteiger charge is -2.37. The Morgan fingerprint density at radius 1 is 0.672 bits per heavy atom. The van der Waals surface area contributed by atoms with Gasteiger partial charge in [-0.2, -0.15) is 0 Å². The molecule has 0 radical (unpaired) electrons. The van der Waals surface area contributed by atoms with E-state index in [4.69, 9.17) is 24.2 Å². The van der Waals surface area contributed by atoms with Crippen molar-refractivity contribution in [2.24, 2.45) is 11.8 Å². The highest BCUT2D eigenvalue weighted by atomic mass is 16.5. The predicted molar refractivity (Wildman–Crippen MR) is 247 cm³/mol. The van der Waals surface area contributed by atoms with Crippen LogP contribution in [0.1, 0.15) is 99.1 Å². The van der Waals surface area contributed by atoms with Crippen LogP contribution in [0, 0.1) is 11.8 Å². The number of rotatable bonds is 10. The highest BCUT2D eigenvalue weighted by molar-refractivity contribution is 5.93. The van der Waals surface area contributed by atoms with E-state index in [9.17, 15) is 29.4 Å². The predicted octanol–water partition coefficient (Wildman–Crippen LogP) is 8.01. The first-order chi connectivity index (χ1) is 32.5. The minimum absolute atomic E-state index is 0.0279. The van der Waals surface area contributed by atoms with Gasteiger partial charge in [-0.1, -0.05) is 37.3 Å². The fraction of sp³-hybridized carbons (Fsp3) is 0.480. The Morgan fingerprint density at radius 3 is 1.70 bits per heavy atom. The van der Waals surface area contributed by atoms with Crippen molar-refractivity contribution in [2.45, 2.75) is 88.4 Å². The third kappa shape index (κ3) is 8.25. The van der Waals surface area contributed by atoms with Crippen LogP contribution in [0.15, 0.2) is 60.9 Å². The number of imidazole rings is 2. The molecule has 4 fully saturated rings. The van der Waals surface area contributed by atoms with Gasteiger partial charge in [0.15, 0.2) is 0 Å². The number of aromatic nitrogens is 4. The Bertz CT molecular complexity index is 2690. The lowest BCUT2D eigenvalue weighted by atomic mass is 9.85. The number of likely N-dealkylation sites (tertiary alicyclic amines) is 2. The maximum Gasteiger partial charge on any atom is 0.407 e. The minimum Gasteiger partial charge on any atom is -0.465 e. The highest BCUT2D eigenvalue weighted by Gasteiger charge is 2.44. The molecule has 3 unspecified atom stereocenters. The van der Waals surface area contributed by atoms with Crippen molar-refractivity contribution in [1.29, 1.82) is 0 Å². The summed E-state index contributed by atoms with van der Waals surface area (Å²) in [5.41, 5.74) is 5.65. The zero-order valence-electron chi connectivity index (χ0n) is 38.1. The van der Waals surface area contributed by atoms with Crippen molar-refractivity contribution in [3.63, 3.8) is 0 Å². The van der Waals surface area contributed by atoms with E-state index in [1.54, 1.807) is 11.1 Å². The molecule has 7 heterocycles. The number of hydrogen-bond acceptors (Lipinski definition) is 9. The number of carboxylic acid groups (broad SMARTS) is 2. The van der Waals surface area contributed by atoms with Gasteiger partial charge in [0.05, 0.1) is 35.9 Å². The SMILES string of the molecule is CC1c2ccc(-c3cnc([C@@H]4CCCN4C(=O)C(C4CCOCC4)N(C)C(=O)O)[nH]3)cc2Oc2ccc3cc(-c4cnc([C@@H]5CCCN5C(=O)C(C5CCOCC5)N(C)C(=O)O)[nH]4)ccc3c21. The Labute approximate surface area is 388 Å². The number of nitrogens with zero attached hydrogens (tertiary/aromatic N) is 6. The molecule has 5 atom stereocenters. The van der Waals surface area contributed by atoms with Gasteiger partial charge in [-0.15, -0.1) is 0 Å². The zero-order chi connectivity index (χ0) is 46.5. The molecule has 2 aromatic heterocycles. The molecule has 0 spiro atoms.